The molecule has 0 radical (unpaired) electrons. The molecule has 5 heavy (non-hydrogen) atoms. The Hall–Kier alpha value is 1.58. The van der Waals surface area contributed by atoms with Gasteiger partial charge in [-0.15, -0.1) is 0 Å². The zero-order valence-electron chi connectivity index (χ0n) is 2.10. The predicted molar refractivity (Wildman–Crippen MR) is 22.3 cm³/mol. The third-order valence-corrected chi connectivity index (χ3v) is 0. The van der Waals surface area contributed by atoms with Gasteiger partial charge in [0.25, 0.3) is 0 Å². The van der Waals surface area contributed by atoms with Crippen LogP contribution in [0.1, 0.15) is 0 Å². The molecule has 0 atom stereocenters. The molecule has 0 fully saturated rings. The van der Waals surface area contributed by atoms with Gasteiger partial charge in [0, 0.05) is 0 Å². The fourth-order valence-corrected chi connectivity index (χ4v) is 0. The summed E-state index contributed by atoms with van der Waals surface area (Å²) in [5, 5.41) is 14.2. The molecule has 0 amide bonds. The van der Waals surface area contributed by atoms with Crippen LogP contribution in [0.25, 0.3) is 0 Å². The molecule has 3 nitrogen and oxygen atoms in total. The van der Waals surface area contributed by atoms with Gasteiger partial charge in [-0.3, -0.25) is 0 Å². The molecule has 0 saturated carbocycles. The molecule has 0 unspecified atom stereocenters. The molecule has 0 aromatic heterocycles. The monoisotopic (exact) mass is 104 g/mol. The Morgan fingerprint density at radius 1 is 1.20 bits per heavy atom. The van der Waals surface area contributed by atoms with Crippen LogP contribution < -0.4 is 0 Å². The van der Waals surface area contributed by atoms with Crippen LogP contribution in [0.3, 0.4) is 0 Å². The molecule has 0 aliphatic heterocycles. The Kier molecular flexibility index (Phi) is 56.2. The molecule has 28 valence electrons. The molecule has 4 N–H and O–H groups in total. The average Bonchev–Trinajstić information content (AvgIpc) is 0.918. The Balaban J connectivity index is -0.0000000200. The summed E-state index contributed by atoms with van der Waals surface area (Å²) in [4.78, 5) is 0. The zero-order valence-corrected chi connectivity index (χ0v) is 2.10. The minimum atomic E-state index is -0.750. The number of hydrogen-bond donors (Lipinski definition) is 2. The molecule has 5 heteroatoms. The van der Waals surface area contributed by atoms with E-state index in [4.69, 9.17) is 10.0 Å². The molecule has 0 aromatic carbocycles. The average molecular weight is 104 g/mol. The van der Waals surface area contributed by atoms with Crippen molar-refractivity contribution in [1.82, 2.24) is 0 Å². The quantitative estimate of drug-likeness (QED) is 0.317. The zero-order chi connectivity index (χ0) is 2.71. The Labute approximate surface area is 73.4 Å². The van der Waals surface area contributed by atoms with Gasteiger partial charge in [-0.25, -0.2) is 0 Å². The summed E-state index contributed by atoms with van der Waals surface area (Å²) in [6, 6.07) is 0. The van der Waals surface area contributed by atoms with E-state index in [9.17, 15) is 0 Å². The van der Waals surface area contributed by atoms with Crippen molar-refractivity contribution in [2.45, 2.75) is 0 Å². The topological polar surface area (TPSA) is 72.0 Å². The summed E-state index contributed by atoms with van der Waals surface area (Å²) in [5.74, 6) is 0. The molecule has 0 saturated heterocycles. The molecular weight excluding hydrogens is 97.9 g/mol. The van der Waals surface area contributed by atoms with Crippen molar-refractivity contribution in [3.8, 4) is 0 Å². The maximum atomic E-state index is 7.12. The van der Waals surface area contributed by atoms with E-state index < -0.39 is 7.69 Å². The molecule has 0 heterocycles. The minimum absolute atomic E-state index is 0. The van der Waals surface area contributed by atoms with Crippen molar-refractivity contribution >= 4 is 59.1 Å². The van der Waals surface area contributed by atoms with Crippen molar-refractivity contribution < 1.29 is 15.5 Å². The van der Waals surface area contributed by atoms with Gasteiger partial charge in [-0.05, 0) is 0 Å². The van der Waals surface area contributed by atoms with Crippen LogP contribution >= 0.6 is 0 Å². The Morgan fingerprint density at radius 3 is 1.20 bits per heavy atom. The van der Waals surface area contributed by atoms with E-state index in [0.29, 0.717) is 0 Å². The summed E-state index contributed by atoms with van der Waals surface area (Å²) < 4.78 is 0. The van der Waals surface area contributed by atoms with Crippen molar-refractivity contribution in [3.63, 3.8) is 0 Å². The third-order valence-electron chi connectivity index (χ3n) is 0. The molecule has 0 rings (SSSR count). The first-order valence-corrected chi connectivity index (χ1v) is 0.632. The van der Waals surface area contributed by atoms with Gasteiger partial charge in [0.05, 0.1) is 0 Å². The van der Waals surface area contributed by atoms with Crippen molar-refractivity contribution in [2.24, 2.45) is 0 Å². The predicted octanol–water partition coefficient (Wildman–Crippen LogP) is -3.24. The van der Waals surface area contributed by atoms with E-state index >= 15 is 0 Å². The van der Waals surface area contributed by atoms with Crippen LogP contribution in [0.4, 0.5) is 0 Å². The second-order valence-electron chi connectivity index (χ2n) is 0.141. The summed E-state index contributed by atoms with van der Waals surface area (Å²) in [7, 11) is -0.750. The molecule has 0 bridgehead atoms. The summed E-state index contributed by atoms with van der Waals surface area (Å²) in [6.45, 7) is 0. The normalized spacial score (nSPS) is 2.80. The second kappa shape index (κ2) is 17.6. The van der Waals surface area contributed by atoms with E-state index in [1.807, 2.05) is 0 Å². The third kappa shape index (κ3) is 28.6. The Morgan fingerprint density at radius 2 is 1.20 bits per heavy atom. The standard InChI is InChI=1S/BH3O2.K.H2O.H/c2-1-3;;;/h1-3H;;1H2;. The van der Waals surface area contributed by atoms with Crippen LogP contribution in [0, 0.1) is 0 Å². The number of hydrogen-bond acceptors (Lipinski definition) is 2. The maximum absolute atomic E-state index is 7.12. The fraction of sp³-hybridized carbons (Fsp3) is 0. The first-order valence-electron chi connectivity index (χ1n) is 0.632. The van der Waals surface area contributed by atoms with Crippen molar-refractivity contribution in [1.29, 1.82) is 0 Å². The van der Waals surface area contributed by atoms with E-state index in [0.717, 1.165) is 0 Å². The van der Waals surface area contributed by atoms with Gasteiger partial charge in [0.1, 0.15) is 0 Å². The van der Waals surface area contributed by atoms with Crippen LogP contribution in [-0.4, -0.2) is 74.6 Å². The molecule has 0 aliphatic rings. The van der Waals surface area contributed by atoms with E-state index in [1.165, 1.54) is 0 Å². The first-order chi connectivity index (χ1) is 1.41. The van der Waals surface area contributed by atoms with Crippen molar-refractivity contribution in [3.05, 3.63) is 0 Å². The summed E-state index contributed by atoms with van der Waals surface area (Å²) in [6.07, 6.45) is 0. The second-order valence-corrected chi connectivity index (χ2v) is 0.141. The van der Waals surface area contributed by atoms with Gasteiger partial charge in [-0.1, -0.05) is 0 Å². The Bertz CT molecular complexity index is 6.85. The van der Waals surface area contributed by atoms with Gasteiger partial charge in [-0.2, -0.15) is 0 Å². The van der Waals surface area contributed by atoms with Gasteiger partial charge in [0.15, 0.2) is 0 Å². The van der Waals surface area contributed by atoms with Crippen LogP contribution in [-0.2, 0) is 0 Å². The van der Waals surface area contributed by atoms with Crippen LogP contribution in [0.15, 0.2) is 0 Å². The SMILES string of the molecule is O.OBO.[KH]. The van der Waals surface area contributed by atoms with Gasteiger partial charge >= 0.3 is 59.1 Å². The van der Waals surface area contributed by atoms with Crippen molar-refractivity contribution in [2.75, 3.05) is 0 Å². The van der Waals surface area contributed by atoms with Crippen LogP contribution in [0.5, 0.6) is 0 Å². The van der Waals surface area contributed by atoms with E-state index in [1.54, 1.807) is 0 Å². The molecule has 0 spiro atoms. The molecule has 0 aromatic rings. The van der Waals surface area contributed by atoms with Gasteiger partial charge < -0.3 is 15.5 Å². The van der Waals surface area contributed by atoms with E-state index in [2.05, 4.69) is 0 Å². The van der Waals surface area contributed by atoms with Crippen LogP contribution in [0.2, 0.25) is 0 Å². The van der Waals surface area contributed by atoms with Gasteiger partial charge in [0.2, 0.25) is 0 Å². The summed E-state index contributed by atoms with van der Waals surface area (Å²) in [5.41, 5.74) is 0. The molecular formula is H6BKO3. The fourth-order valence-electron chi connectivity index (χ4n) is 0. The number of rotatable bonds is 0. The first kappa shape index (κ1) is 16.0. The summed E-state index contributed by atoms with van der Waals surface area (Å²) >= 11 is 0. The molecule has 0 aliphatic carbocycles. The van der Waals surface area contributed by atoms with E-state index in [-0.39, 0.29) is 56.9 Å².